The maximum absolute atomic E-state index is 12.6. The Morgan fingerprint density at radius 3 is 2.54 bits per heavy atom. The molecular formula is C20H25ClN2O. The Hall–Kier alpha value is -1.84. The molecule has 2 aromatic carbocycles. The fraction of sp³-hybridized carbons (Fsp3) is 0.350. The van der Waals surface area contributed by atoms with Gasteiger partial charge in [0.05, 0.1) is 0 Å². The molecule has 0 aromatic heterocycles. The maximum atomic E-state index is 12.6. The Morgan fingerprint density at radius 1 is 1.17 bits per heavy atom. The van der Waals surface area contributed by atoms with Gasteiger partial charge in [-0.15, -0.1) is 12.4 Å². The molecule has 3 rings (SSSR count). The van der Waals surface area contributed by atoms with Crippen molar-refractivity contribution < 1.29 is 4.79 Å². The number of benzene rings is 2. The van der Waals surface area contributed by atoms with Crippen molar-refractivity contribution in [3.63, 3.8) is 0 Å². The monoisotopic (exact) mass is 344 g/mol. The number of halogens is 1. The van der Waals surface area contributed by atoms with Crippen LogP contribution in [0.1, 0.15) is 44.2 Å². The van der Waals surface area contributed by atoms with Crippen molar-refractivity contribution >= 4 is 18.3 Å². The van der Waals surface area contributed by atoms with Crippen LogP contribution in [0.15, 0.2) is 36.4 Å². The van der Waals surface area contributed by atoms with Crippen molar-refractivity contribution in [2.24, 2.45) is 0 Å². The summed E-state index contributed by atoms with van der Waals surface area (Å²) in [7, 11) is 0. The molecular weight excluding hydrogens is 320 g/mol. The highest BCUT2D eigenvalue weighted by Crippen LogP contribution is 2.22. The van der Waals surface area contributed by atoms with Gasteiger partial charge in [0, 0.05) is 18.2 Å². The van der Waals surface area contributed by atoms with E-state index in [4.69, 9.17) is 0 Å². The van der Waals surface area contributed by atoms with E-state index in [9.17, 15) is 4.79 Å². The van der Waals surface area contributed by atoms with Crippen LogP contribution in [0, 0.1) is 20.8 Å². The van der Waals surface area contributed by atoms with Crippen LogP contribution in [0.5, 0.6) is 0 Å². The molecule has 1 atom stereocenters. The van der Waals surface area contributed by atoms with Gasteiger partial charge in [0.1, 0.15) is 0 Å². The Bertz CT molecular complexity index is 719. The van der Waals surface area contributed by atoms with Gasteiger partial charge in [-0.2, -0.15) is 0 Å². The molecule has 3 nitrogen and oxygen atoms in total. The highest BCUT2D eigenvalue weighted by Gasteiger charge is 2.20. The number of aryl methyl sites for hydroxylation is 3. The molecule has 1 heterocycles. The van der Waals surface area contributed by atoms with Crippen LogP contribution in [-0.4, -0.2) is 19.0 Å². The number of rotatable bonds is 3. The smallest absolute Gasteiger partial charge is 0.251 e. The molecule has 0 radical (unpaired) electrons. The second kappa shape index (κ2) is 7.82. The van der Waals surface area contributed by atoms with Crippen LogP contribution in [0.4, 0.5) is 0 Å². The summed E-state index contributed by atoms with van der Waals surface area (Å²) < 4.78 is 0. The molecule has 128 valence electrons. The average molecular weight is 345 g/mol. The predicted molar refractivity (Wildman–Crippen MR) is 101 cm³/mol. The third-order valence-corrected chi connectivity index (χ3v) is 4.59. The van der Waals surface area contributed by atoms with Crippen LogP contribution in [0.3, 0.4) is 0 Å². The summed E-state index contributed by atoms with van der Waals surface area (Å²) in [4.78, 5) is 12.6. The molecule has 2 N–H and O–H groups in total. The summed E-state index contributed by atoms with van der Waals surface area (Å²) in [6, 6.07) is 12.8. The molecule has 0 saturated carbocycles. The lowest BCUT2D eigenvalue weighted by Gasteiger charge is -2.27. The lowest BCUT2D eigenvalue weighted by atomic mass is 9.94. The number of fused-ring (bicyclic) bond motifs is 1. The van der Waals surface area contributed by atoms with Crippen LogP contribution >= 0.6 is 12.4 Å². The fourth-order valence-electron chi connectivity index (χ4n) is 3.60. The van der Waals surface area contributed by atoms with Gasteiger partial charge in [-0.3, -0.25) is 4.79 Å². The van der Waals surface area contributed by atoms with E-state index in [2.05, 4.69) is 54.0 Å². The number of carbonyl (C=O) groups excluding carboxylic acids is 1. The topological polar surface area (TPSA) is 41.1 Å². The number of hydrogen-bond donors (Lipinski definition) is 2. The van der Waals surface area contributed by atoms with Crippen molar-refractivity contribution in [3.8, 4) is 0 Å². The van der Waals surface area contributed by atoms with Crippen LogP contribution in [0.25, 0.3) is 0 Å². The molecule has 2 aromatic rings. The second-order valence-corrected chi connectivity index (χ2v) is 6.44. The zero-order valence-electron chi connectivity index (χ0n) is 14.5. The van der Waals surface area contributed by atoms with Crippen molar-refractivity contribution in [1.82, 2.24) is 10.6 Å². The van der Waals surface area contributed by atoms with Gasteiger partial charge < -0.3 is 10.6 Å². The van der Waals surface area contributed by atoms with E-state index < -0.39 is 0 Å². The van der Waals surface area contributed by atoms with Crippen molar-refractivity contribution in [2.75, 3.05) is 13.1 Å². The van der Waals surface area contributed by atoms with E-state index in [1.54, 1.807) is 0 Å². The number of hydrogen-bond acceptors (Lipinski definition) is 2. The normalized spacial score (nSPS) is 16.0. The second-order valence-electron chi connectivity index (χ2n) is 6.44. The predicted octanol–water partition coefficient (Wildman–Crippen LogP) is 3.65. The first-order chi connectivity index (χ1) is 11.1. The van der Waals surface area contributed by atoms with Crippen molar-refractivity contribution in [1.29, 1.82) is 0 Å². The summed E-state index contributed by atoms with van der Waals surface area (Å²) >= 11 is 0. The molecule has 0 aliphatic carbocycles. The quantitative estimate of drug-likeness (QED) is 0.892. The minimum atomic E-state index is 0. The lowest BCUT2D eigenvalue weighted by molar-refractivity contribution is 0.0948. The molecule has 0 saturated heterocycles. The lowest BCUT2D eigenvalue weighted by Crippen LogP contribution is -2.39. The highest BCUT2D eigenvalue weighted by atomic mass is 35.5. The molecule has 0 fully saturated rings. The van der Waals surface area contributed by atoms with Crippen LogP contribution < -0.4 is 10.6 Å². The van der Waals surface area contributed by atoms with Gasteiger partial charge >= 0.3 is 0 Å². The average Bonchev–Trinajstić information content (AvgIpc) is 2.52. The summed E-state index contributed by atoms with van der Waals surface area (Å²) in [5.74, 6) is 0.0184. The molecule has 24 heavy (non-hydrogen) atoms. The number of carbonyl (C=O) groups is 1. The van der Waals surface area contributed by atoms with E-state index >= 15 is 0 Å². The first-order valence-electron chi connectivity index (χ1n) is 8.23. The van der Waals surface area contributed by atoms with Crippen LogP contribution in [-0.2, 0) is 6.42 Å². The van der Waals surface area contributed by atoms with Gasteiger partial charge in [0.15, 0.2) is 0 Å². The molecule has 1 unspecified atom stereocenters. The third kappa shape index (κ3) is 3.80. The van der Waals surface area contributed by atoms with Gasteiger partial charge in [0.2, 0.25) is 0 Å². The van der Waals surface area contributed by atoms with Crippen molar-refractivity contribution in [2.45, 2.75) is 33.2 Å². The first kappa shape index (κ1) is 18.5. The zero-order valence-corrected chi connectivity index (χ0v) is 15.3. The molecule has 0 spiro atoms. The third-order valence-electron chi connectivity index (χ3n) is 4.59. The number of amides is 1. The first-order valence-corrected chi connectivity index (χ1v) is 8.23. The van der Waals surface area contributed by atoms with Crippen LogP contribution in [0.2, 0.25) is 0 Å². The SMILES string of the molecule is Cc1cc(C)c(C(=O)NCC2NCCc3ccccc32)c(C)c1.Cl. The molecule has 1 aliphatic heterocycles. The highest BCUT2D eigenvalue weighted by molar-refractivity contribution is 5.97. The molecule has 4 heteroatoms. The van der Waals surface area contributed by atoms with E-state index in [0.29, 0.717) is 6.54 Å². The molecule has 0 bridgehead atoms. The summed E-state index contributed by atoms with van der Waals surface area (Å²) in [6.07, 6.45) is 1.05. The fourth-order valence-corrected chi connectivity index (χ4v) is 3.60. The van der Waals surface area contributed by atoms with Gasteiger partial charge in [-0.05, 0) is 56.0 Å². The minimum Gasteiger partial charge on any atom is -0.350 e. The minimum absolute atomic E-state index is 0. The van der Waals surface area contributed by atoms with E-state index in [1.165, 1.54) is 16.7 Å². The van der Waals surface area contributed by atoms with Gasteiger partial charge in [-0.25, -0.2) is 0 Å². The molecule has 1 amide bonds. The molecule has 1 aliphatic rings. The Balaban J connectivity index is 0.00000208. The van der Waals surface area contributed by atoms with E-state index in [0.717, 1.165) is 29.7 Å². The van der Waals surface area contributed by atoms with Gasteiger partial charge in [0.25, 0.3) is 5.91 Å². The van der Waals surface area contributed by atoms with Gasteiger partial charge in [-0.1, -0.05) is 42.0 Å². The zero-order chi connectivity index (χ0) is 16.4. The van der Waals surface area contributed by atoms with E-state index in [-0.39, 0.29) is 24.4 Å². The number of nitrogens with one attached hydrogen (secondary N) is 2. The Labute approximate surface area is 150 Å². The summed E-state index contributed by atoms with van der Waals surface area (Å²) in [5.41, 5.74) is 6.76. The van der Waals surface area contributed by atoms with E-state index in [1.807, 2.05) is 13.8 Å². The summed E-state index contributed by atoms with van der Waals surface area (Å²) in [6.45, 7) is 7.64. The Morgan fingerprint density at radius 2 is 1.83 bits per heavy atom. The summed E-state index contributed by atoms with van der Waals surface area (Å²) in [5, 5.41) is 6.61. The Kier molecular flexibility index (Phi) is 6.03. The maximum Gasteiger partial charge on any atom is 0.251 e. The largest absolute Gasteiger partial charge is 0.350 e. The van der Waals surface area contributed by atoms with Crippen molar-refractivity contribution in [3.05, 3.63) is 69.8 Å². The standard InChI is InChI=1S/C20H24N2O.ClH/c1-13-10-14(2)19(15(3)11-13)20(23)22-12-18-17-7-5-4-6-16(17)8-9-21-18;/h4-7,10-11,18,21H,8-9,12H2,1-3H3,(H,22,23);1H.